The molecule has 2 rings (SSSR count). The number of carbonyl (C=O) groups is 1. The van der Waals surface area contributed by atoms with Gasteiger partial charge in [0.25, 0.3) is 0 Å². The third-order valence-corrected chi connectivity index (χ3v) is 4.55. The molecule has 1 aromatic rings. The van der Waals surface area contributed by atoms with Gasteiger partial charge in [-0.15, -0.1) is 0 Å². The maximum absolute atomic E-state index is 11.8. The van der Waals surface area contributed by atoms with E-state index in [-0.39, 0.29) is 17.9 Å². The van der Waals surface area contributed by atoms with Gasteiger partial charge in [0, 0.05) is 37.6 Å². The summed E-state index contributed by atoms with van der Waals surface area (Å²) in [6, 6.07) is 8.03. The van der Waals surface area contributed by atoms with E-state index in [1.807, 2.05) is 25.1 Å². The summed E-state index contributed by atoms with van der Waals surface area (Å²) in [6.45, 7) is 7.33. The highest BCUT2D eigenvalue weighted by molar-refractivity contribution is 6.30. The molecule has 1 saturated carbocycles. The Hall–Kier alpha value is -2.01. The van der Waals surface area contributed by atoms with Crippen molar-refractivity contribution in [3.63, 3.8) is 0 Å². The summed E-state index contributed by atoms with van der Waals surface area (Å²) in [6.07, 6.45) is 2.23. The van der Waals surface area contributed by atoms with Crippen LogP contribution in [0.1, 0.15) is 25.3 Å². The number of guanidine groups is 1. The van der Waals surface area contributed by atoms with E-state index < -0.39 is 0 Å². The first-order valence-corrected chi connectivity index (χ1v) is 8.83. The van der Waals surface area contributed by atoms with Crippen LogP contribution in [0.3, 0.4) is 0 Å². The van der Waals surface area contributed by atoms with Gasteiger partial charge < -0.3 is 15.5 Å². The van der Waals surface area contributed by atoms with Crippen molar-refractivity contribution in [2.24, 2.45) is 4.99 Å². The van der Waals surface area contributed by atoms with Gasteiger partial charge >= 0.3 is 0 Å². The summed E-state index contributed by atoms with van der Waals surface area (Å²) in [7, 11) is 3.45. The van der Waals surface area contributed by atoms with Crippen LogP contribution in [0.2, 0.25) is 5.02 Å². The van der Waals surface area contributed by atoms with Gasteiger partial charge in [0.1, 0.15) is 6.54 Å². The second-order valence-electron chi connectivity index (χ2n) is 6.91. The smallest absolute Gasteiger partial charge is 0.243 e. The van der Waals surface area contributed by atoms with Gasteiger partial charge in [0.05, 0.1) is 0 Å². The van der Waals surface area contributed by atoms with E-state index in [0.29, 0.717) is 12.5 Å². The van der Waals surface area contributed by atoms with Gasteiger partial charge in [-0.05, 0) is 37.5 Å². The molecule has 0 bridgehead atoms. The number of halogens is 1. The third-order valence-electron chi connectivity index (χ3n) is 4.31. The Balaban J connectivity index is 2.02. The minimum Gasteiger partial charge on any atom is -0.355 e. The highest BCUT2D eigenvalue weighted by Gasteiger charge is 2.44. The average molecular weight is 363 g/mol. The van der Waals surface area contributed by atoms with E-state index in [1.165, 1.54) is 10.5 Å². The molecule has 1 aliphatic carbocycles. The fraction of sp³-hybridized carbons (Fsp3) is 0.474. The van der Waals surface area contributed by atoms with Crippen molar-refractivity contribution in [2.45, 2.75) is 25.2 Å². The van der Waals surface area contributed by atoms with E-state index >= 15 is 0 Å². The van der Waals surface area contributed by atoms with E-state index in [2.05, 4.69) is 28.3 Å². The van der Waals surface area contributed by atoms with Crippen LogP contribution in [0, 0.1) is 0 Å². The zero-order chi connectivity index (χ0) is 18.4. The van der Waals surface area contributed by atoms with Gasteiger partial charge in [-0.3, -0.25) is 4.79 Å². The number of likely N-dealkylation sites (N-methyl/N-ethyl adjacent to an activating group) is 1. The Kier molecular flexibility index (Phi) is 6.48. The number of hydrogen-bond acceptors (Lipinski definition) is 2. The Morgan fingerprint density at radius 3 is 2.64 bits per heavy atom. The Morgan fingerprint density at radius 1 is 1.36 bits per heavy atom. The Bertz CT molecular complexity index is 665. The molecular formula is C19H27ClN4O. The summed E-state index contributed by atoms with van der Waals surface area (Å²) in [5, 5.41) is 7.35. The molecule has 0 spiro atoms. The van der Waals surface area contributed by atoms with E-state index in [1.54, 1.807) is 14.1 Å². The number of benzene rings is 1. The van der Waals surface area contributed by atoms with Gasteiger partial charge in [-0.2, -0.15) is 0 Å². The number of amides is 1. The quantitative estimate of drug-likeness (QED) is 0.445. The lowest BCUT2D eigenvalue weighted by molar-refractivity contribution is -0.127. The lowest BCUT2D eigenvalue weighted by Gasteiger charge is -2.20. The molecule has 1 amide bonds. The molecular weight excluding hydrogens is 336 g/mol. The van der Waals surface area contributed by atoms with Crippen molar-refractivity contribution < 1.29 is 4.79 Å². The van der Waals surface area contributed by atoms with Crippen molar-refractivity contribution in [2.75, 3.05) is 33.7 Å². The van der Waals surface area contributed by atoms with Crippen LogP contribution in [0.4, 0.5) is 0 Å². The molecule has 0 atom stereocenters. The summed E-state index contributed by atoms with van der Waals surface area (Å²) in [4.78, 5) is 17.7. The lowest BCUT2D eigenvalue weighted by atomic mass is 9.96. The Morgan fingerprint density at radius 2 is 2.08 bits per heavy atom. The molecule has 25 heavy (non-hydrogen) atoms. The SMILES string of the molecule is C=C(C)CNC(=NCC(=O)N(C)C)NCC1(c2cccc(Cl)c2)CC1. The molecule has 6 heteroatoms. The van der Waals surface area contributed by atoms with Gasteiger partial charge in [0.15, 0.2) is 5.96 Å². The average Bonchev–Trinajstić information content (AvgIpc) is 3.34. The number of nitrogens with one attached hydrogen (secondary N) is 2. The lowest BCUT2D eigenvalue weighted by Crippen LogP contribution is -2.42. The van der Waals surface area contributed by atoms with Crippen LogP contribution in [0.5, 0.6) is 0 Å². The van der Waals surface area contributed by atoms with E-state index in [9.17, 15) is 4.79 Å². The predicted octanol–water partition coefficient (Wildman–Crippen LogP) is 2.57. The monoisotopic (exact) mass is 362 g/mol. The fourth-order valence-corrected chi connectivity index (χ4v) is 2.68. The summed E-state index contributed by atoms with van der Waals surface area (Å²) in [5.74, 6) is 0.596. The molecule has 5 nitrogen and oxygen atoms in total. The van der Waals surface area contributed by atoms with Gasteiger partial charge in [-0.25, -0.2) is 4.99 Å². The molecule has 0 heterocycles. The van der Waals surface area contributed by atoms with Crippen molar-refractivity contribution in [3.05, 3.63) is 47.0 Å². The molecule has 136 valence electrons. The number of nitrogens with zero attached hydrogens (tertiary/aromatic N) is 2. The van der Waals surface area contributed by atoms with Crippen molar-refractivity contribution in [3.8, 4) is 0 Å². The predicted molar refractivity (Wildman–Crippen MR) is 104 cm³/mol. The molecule has 2 N–H and O–H groups in total. The zero-order valence-electron chi connectivity index (χ0n) is 15.2. The van der Waals surface area contributed by atoms with Crippen molar-refractivity contribution in [1.29, 1.82) is 0 Å². The number of aliphatic imine (C=N–C) groups is 1. The molecule has 0 radical (unpaired) electrons. The normalized spacial score (nSPS) is 15.4. The maximum Gasteiger partial charge on any atom is 0.243 e. The standard InChI is InChI=1S/C19H27ClN4O/c1-14(2)11-21-18(22-12-17(25)24(3)4)23-13-19(8-9-19)15-6-5-7-16(20)10-15/h5-7,10H,1,8-9,11-13H2,2-4H3,(H2,21,22,23). The zero-order valence-corrected chi connectivity index (χ0v) is 16.0. The first-order valence-electron chi connectivity index (χ1n) is 8.45. The van der Waals surface area contributed by atoms with E-state index in [4.69, 9.17) is 11.6 Å². The molecule has 0 unspecified atom stereocenters. The van der Waals surface area contributed by atoms with Crippen LogP contribution in [-0.2, 0) is 10.2 Å². The van der Waals surface area contributed by atoms with Gasteiger partial charge in [-0.1, -0.05) is 35.9 Å². The molecule has 0 saturated heterocycles. The summed E-state index contributed by atoms with van der Waals surface area (Å²) < 4.78 is 0. The first-order chi connectivity index (χ1) is 11.8. The van der Waals surface area contributed by atoms with Crippen LogP contribution in [-0.4, -0.2) is 50.5 Å². The molecule has 1 aliphatic rings. The molecule has 1 fully saturated rings. The highest BCUT2D eigenvalue weighted by Crippen LogP contribution is 2.48. The molecule has 0 aromatic heterocycles. The minimum atomic E-state index is -0.0348. The largest absolute Gasteiger partial charge is 0.355 e. The number of hydrogen-bond donors (Lipinski definition) is 2. The minimum absolute atomic E-state index is 0.0348. The van der Waals surface area contributed by atoms with Crippen LogP contribution < -0.4 is 10.6 Å². The maximum atomic E-state index is 11.8. The first kappa shape index (κ1) is 19.3. The number of rotatable bonds is 7. The second-order valence-corrected chi connectivity index (χ2v) is 7.34. The fourth-order valence-electron chi connectivity index (χ4n) is 2.49. The highest BCUT2D eigenvalue weighted by atomic mass is 35.5. The molecule has 1 aromatic carbocycles. The Labute approximate surface area is 155 Å². The summed E-state index contributed by atoms with van der Waals surface area (Å²) >= 11 is 6.13. The van der Waals surface area contributed by atoms with Gasteiger partial charge in [0.2, 0.25) is 5.91 Å². The van der Waals surface area contributed by atoms with Crippen LogP contribution >= 0.6 is 11.6 Å². The third kappa shape index (κ3) is 5.78. The summed E-state index contributed by atoms with van der Waals surface area (Å²) in [5.41, 5.74) is 2.35. The molecule has 0 aliphatic heterocycles. The topological polar surface area (TPSA) is 56.7 Å². The van der Waals surface area contributed by atoms with Crippen LogP contribution in [0.15, 0.2) is 41.4 Å². The van der Waals surface area contributed by atoms with Crippen LogP contribution in [0.25, 0.3) is 0 Å². The number of carbonyl (C=O) groups excluding carboxylic acids is 1. The van der Waals surface area contributed by atoms with Crippen molar-refractivity contribution in [1.82, 2.24) is 15.5 Å². The second kappa shape index (κ2) is 8.39. The van der Waals surface area contributed by atoms with E-state index in [0.717, 1.165) is 30.0 Å². The van der Waals surface area contributed by atoms with Crippen molar-refractivity contribution >= 4 is 23.5 Å².